The number of hydrogen-bond donors (Lipinski definition) is 0. The lowest BCUT2D eigenvalue weighted by molar-refractivity contribution is -0.354. The molecule has 0 saturated carbocycles. The van der Waals surface area contributed by atoms with Crippen LogP contribution >= 0.6 is 0 Å². The van der Waals surface area contributed by atoms with Gasteiger partial charge in [-0.1, -0.05) is 0 Å². The monoisotopic (exact) mass is 230 g/mol. The lowest BCUT2D eigenvalue weighted by Gasteiger charge is -2.35. The molecule has 0 spiro atoms. The highest BCUT2D eigenvalue weighted by atomic mass is 19.4. The van der Waals surface area contributed by atoms with E-state index in [1.54, 1.807) is 0 Å². The molecule has 14 heavy (non-hydrogen) atoms. The van der Waals surface area contributed by atoms with Crippen LogP contribution in [-0.2, 0) is 0 Å². The molecule has 0 rings (SSSR count). The Morgan fingerprint density at radius 1 is 0.643 bits per heavy atom. The normalized spacial score (nSPS) is 19.3. The van der Waals surface area contributed by atoms with E-state index >= 15 is 0 Å². The second-order valence-electron chi connectivity index (χ2n) is 2.96. The minimum Gasteiger partial charge on any atom is -0.230 e. The molecule has 0 heterocycles. The number of rotatable bonds is 2. The van der Waals surface area contributed by atoms with E-state index in [0.717, 1.165) is 0 Å². The third-order valence-electron chi connectivity index (χ3n) is 1.77. The van der Waals surface area contributed by atoms with Crippen LogP contribution < -0.4 is 0 Å². The first kappa shape index (κ1) is 13.4. The van der Waals surface area contributed by atoms with Crippen LogP contribution in [0.1, 0.15) is 13.8 Å². The van der Waals surface area contributed by atoms with Gasteiger partial charge in [-0.2, -0.15) is 22.0 Å². The van der Waals surface area contributed by atoms with Gasteiger partial charge in [-0.3, -0.25) is 0 Å². The van der Waals surface area contributed by atoms with Gasteiger partial charge in [-0.15, -0.1) is 0 Å². The van der Waals surface area contributed by atoms with E-state index < -0.39 is 30.6 Å². The fourth-order valence-electron chi connectivity index (χ4n) is 0.542. The summed E-state index contributed by atoms with van der Waals surface area (Å²) in [5, 5.41) is 0. The molecule has 0 aliphatic rings. The summed E-state index contributed by atoms with van der Waals surface area (Å²) in [6.07, 6.45) is -6.35. The minimum atomic E-state index is -6.35. The largest absolute Gasteiger partial charge is 0.457 e. The van der Waals surface area contributed by atoms with Crippen LogP contribution in [0.25, 0.3) is 0 Å². The topological polar surface area (TPSA) is 0 Å². The van der Waals surface area contributed by atoms with Crippen LogP contribution in [-0.4, -0.2) is 23.7 Å². The summed E-state index contributed by atoms with van der Waals surface area (Å²) in [5.74, 6) is -10.9. The second kappa shape index (κ2) is 2.96. The molecule has 0 radical (unpaired) electrons. The van der Waals surface area contributed by atoms with E-state index in [4.69, 9.17) is 0 Å². The summed E-state index contributed by atoms with van der Waals surface area (Å²) in [7, 11) is 0. The van der Waals surface area contributed by atoms with Gasteiger partial charge in [0.15, 0.2) is 0 Å². The van der Waals surface area contributed by atoms with Crippen molar-refractivity contribution in [1.29, 1.82) is 0 Å². The molecule has 8 heteroatoms. The van der Waals surface area contributed by atoms with Crippen molar-refractivity contribution in [1.82, 2.24) is 0 Å². The second-order valence-corrected chi connectivity index (χ2v) is 2.96. The zero-order valence-corrected chi connectivity index (χ0v) is 7.02. The third kappa shape index (κ3) is 1.78. The van der Waals surface area contributed by atoms with Crippen LogP contribution in [0, 0.1) is 0 Å². The van der Waals surface area contributed by atoms with Crippen molar-refractivity contribution in [3.05, 3.63) is 0 Å². The van der Waals surface area contributed by atoms with Gasteiger partial charge in [-0.05, 0) is 6.92 Å². The van der Waals surface area contributed by atoms with Crippen LogP contribution in [0.15, 0.2) is 0 Å². The average molecular weight is 230 g/mol. The highest BCUT2D eigenvalue weighted by Gasteiger charge is 2.76. The van der Waals surface area contributed by atoms with Crippen LogP contribution in [0.2, 0.25) is 0 Å². The van der Waals surface area contributed by atoms with E-state index in [-0.39, 0.29) is 6.92 Å². The molecule has 0 aromatic rings. The molecular weight excluding hydrogens is 224 g/mol. The standard InChI is InChI=1S/C6H6F8/c1-3(7,4(2,8)9)5(10,11)6(12,13)14/h1-2H3. The SMILES string of the molecule is CC(F)(F)C(C)(F)C(F)(F)C(F)(F)F. The van der Waals surface area contributed by atoms with Crippen LogP contribution in [0.5, 0.6) is 0 Å². The van der Waals surface area contributed by atoms with Crippen molar-refractivity contribution in [3.8, 4) is 0 Å². The van der Waals surface area contributed by atoms with Gasteiger partial charge in [0, 0.05) is 6.92 Å². The summed E-state index contributed by atoms with van der Waals surface area (Å²) in [4.78, 5) is 0. The Hall–Kier alpha value is -0.560. The van der Waals surface area contributed by atoms with E-state index in [9.17, 15) is 35.1 Å². The highest BCUT2D eigenvalue weighted by molar-refractivity contribution is 5.02. The Balaban J connectivity index is 5.30. The smallest absolute Gasteiger partial charge is 0.230 e. The predicted octanol–water partition coefficient (Wildman–Crippen LogP) is 3.57. The van der Waals surface area contributed by atoms with Crippen molar-refractivity contribution in [3.63, 3.8) is 0 Å². The fourth-order valence-corrected chi connectivity index (χ4v) is 0.542. The Morgan fingerprint density at radius 2 is 0.929 bits per heavy atom. The van der Waals surface area contributed by atoms with Crippen molar-refractivity contribution >= 4 is 0 Å². The summed E-state index contributed by atoms with van der Waals surface area (Å²) in [6, 6.07) is 0. The van der Waals surface area contributed by atoms with E-state index in [1.165, 1.54) is 0 Å². The molecular formula is C6H6F8. The molecule has 1 atom stereocenters. The summed E-state index contributed by atoms with van der Waals surface area (Å²) in [5.41, 5.74) is -4.97. The maximum atomic E-state index is 12.7. The average Bonchev–Trinajstić information content (AvgIpc) is 1.81. The number of alkyl halides is 8. The maximum absolute atomic E-state index is 12.7. The molecule has 0 aliphatic carbocycles. The van der Waals surface area contributed by atoms with E-state index in [2.05, 4.69) is 0 Å². The molecule has 0 saturated heterocycles. The maximum Gasteiger partial charge on any atom is 0.457 e. The molecule has 0 aliphatic heterocycles. The number of halogens is 8. The predicted molar refractivity (Wildman–Crippen MR) is 31.1 cm³/mol. The van der Waals surface area contributed by atoms with Gasteiger partial charge in [0.25, 0.3) is 5.92 Å². The molecule has 0 aromatic heterocycles. The lowest BCUT2D eigenvalue weighted by Crippen LogP contribution is -2.60. The van der Waals surface area contributed by atoms with Crippen LogP contribution in [0.3, 0.4) is 0 Å². The van der Waals surface area contributed by atoms with Gasteiger partial charge in [-0.25, -0.2) is 13.2 Å². The van der Waals surface area contributed by atoms with E-state index in [0.29, 0.717) is 0 Å². The molecule has 1 unspecified atom stereocenters. The quantitative estimate of drug-likeness (QED) is 0.636. The van der Waals surface area contributed by atoms with Gasteiger partial charge < -0.3 is 0 Å². The van der Waals surface area contributed by atoms with Crippen molar-refractivity contribution in [2.45, 2.75) is 37.5 Å². The molecule has 0 nitrogen and oxygen atoms in total. The van der Waals surface area contributed by atoms with Crippen LogP contribution in [0.4, 0.5) is 35.1 Å². The zero-order valence-electron chi connectivity index (χ0n) is 7.02. The summed E-state index contributed by atoms with van der Waals surface area (Å²) < 4.78 is 96.0. The highest BCUT2D eigenvalue weighted by Crippen LogP contribution is 2.51. The Bertz CT molecular complexity index is 183. The Labute approximate surface area is 73.9 Å². The van der Waals surface area contributed by atoms with Crippen molar-refractivity contribution < 1.29 is 35.1 Å². The van der Waals surface area contributed by atoms with Gasteiger partial charge in [0.2, 0.25) is 5.67 Å². The summed E-state index contributed by atoms with van der Waals surface area (Å²) in [6.45, 7) is -0.826. The van der Waals surface area contributed by atoms with Crippen molar-refractivity contribution in [2.24, 2.45) is 0 Å². The first-order valence-corrected chi connectivity index (χ1v) is 3.26. The Kier molecular flexibility index (Phi) is 2.84. The third-order valence-corrected chi connectivity index (χ3v) is 1.77. The molecule has 0 amide bonds. The lowest BCUT2D eigenvalue weighted by atomic mass is 9.93. The fraction of sp³-hybridized carbons (Fsp3) is 1.00. The van der Waals surface area contributed by atoms with Crippen molar-refractivity contribution in [2.75, 3.05) is 0 Å². The number of hydrogen-bond acceptors (Lipinski definition) is 0. The van der Waals surface area contributed by atoms with E-state index in [1.807, 2.05) is 0 Å². The first-order chi connectivity index (χ1) is 5.75. The van der Waals surface area contributed by atoms with Gasteiger partial charge >= 0.3 is 12.1 Å². The molecule has 0 aromatic carbocycles. The molecule has 0 bridgehead atoms. The summed E-state index contributed by atoms with van der Waals surface area (Å²) >= 11 is 0. The Morgan fingerprint density at radius 3 is 1.00 bits per heavy atom. The zero-order chi connectivity index (χ0) is 12.0. The molecule has 86 valence electrons. The minimum absolute atomic E-state index is 0.341. The van der Waals surface area contributed by atoms with Gasteiger partial charge in [0.1, 0.15) is 0 Å². The van der Waals surface area contributed by atoms with Gasteiger partial charge in [0.05, 0.1) is 0 Å². The molecule has 0 N–H and O–H groups in total. The molecule has 0 fully saturated rings. The first-order valence-electron chi connectivity index (χ1n) is 3.26.